The summed E-state index contributed by atoms with van der Waals surface area (Å²) in [4.78, 5) is 0. The smallest absolute Gasteiger partial charge is 0.416 e. The second kappa shape index (κ2) is 8.55. The number of aromatic nitrogens is 2. The largest absolute Gasteiger partial charge is 0.657 e. The number of rotatable bonds is 3. The zero-order chi connectivity index (χ0) is 18.9. The van der Waals surface area contributed by atoms with Crippen LogP contribution in [0.4, 0.5) is 13.2 Å². The summed E-state index contributed by atoms with van der Waals surface area (Å²) in [6.45, 7) is 0.862. The van der Waals surface area contributed by atoms with Crippen LogP contribution < -0.4 is 0 Å². The van der Waals surface area contributed by atoms with E-state index in [2.05, 4.69) is 21.6 Å². The summed E-state index contributed by atoms with van der Waals surface area (Å²) in [7, 11) is 0. The van der Waals surface area contributed by atoms with Gasteiger partial charge < -0.3 is 9.73 Å². The van der Waals surface area contributed by atoms with E-state index in [1.54, 1.807) is 6.07 Å². The van der Waals surface area contributed by atoms with E-state index in [0.29, 0.717) is 11.5 Å². The molecule has 0 aliphatic carbocycles. The first-order valence-electron chi connectivity index (χ1n) is 8.70. The molecule has 0 amide bonds. The molecule has 1 aliphatic rings. The fourth-order valence-corrected chi connectivity index (χ4v) is 3.11. The molecule has 2 aromatic carbocycles. The molecule has 1 saturated heterocycles. The average Bonchev–Trinajstić information content (AvgIpc) is 3.19. The summed E-state index contributed by atoms with van der Waals surface area (Å²) in [5.41, 5.74) is 1.45. The van der Waals surface area contributed by atoms with Gasteiger partial charge in [0.25, 0.3) is 0 Å². The molecule has 149 valence electrons. The molecule has 1 radical (unpaired) electrons. The maximum atomic E-state index is 12.7. The van der Waals surface area contributed by atoms with Gasteiger partial charge in [-0.15, -0.1) is 22.8 Å². The summed E-state index contributed by atoms with van der Waals surface area (Å²) >= 11 is 0. The summed E-state index contributed by atoms with van der Waals surface area (Å²) in [5.74, 6) is 0.492. The van der Waals surface area contributed by atoms with Gasteiger partial charge in [0.1, 0.15) is 0 Å². The molecule has 1 aliphatic heterocycles. The Morgan fingerprint density at radius 3 is 2.36 bits per heavy atom. The van der Waals surface area contributed by atoms with Gasteiger partial charge in [0.2, 0.25) is 11.8 Å². The minimum absolute atomic E-state index is 0. The molecule has 0 bridgehead atoms. The van der Waals surface area contributed by atoms with Crippen molar-refractivity contribution in [2.45, 2.75) is 31.5 Å². The van der Waals surface area contributed by atoms with E-state index in [-0.39, 0.29) is 32.0 Å². The molecule has 28 heavy (non-hydrogen) atoms. The first kappa shape index (κ1) is 20.7. The van der Waals surface area contributed by atoms with E-state index < -0.39 is 11.7 Å². The van der Waals surface area contributed by atoms with Crippen molar-refractivity contribution in [2.24, 2.45) is 0 Å². The van der Waals surface area contributed by atoms with Crippen molar-refractivity contribution in [2.75, 3.05) is 6.54 Å². The van der Waals surface area contributed by atoms with Crippen LogP contribution in [-0.4, -0.2) is 16.7 Å². The Balaban J connectivity index is 0.00000225. The van der Waals surface area contributed by atoms with Gasteiger partial charge >= 0.3 is 6.18 Å². The molecule has 0 saturated carbocycles. The van der Waals surface area contributed by atoms with E-state index in [1.165, 1.54) is 12.1 Å². The predicted octanol–water partition coefficient (Wildman–Crippen LogP) is 5.82. The maximum absolute atomic E-state index is 12.7. The molecule has 3 aromatic rings. The molecule has 2 heterocycles. The van der Waals surface area contributed by atoms with Gasteiger partial charge in [-0.25, -0.2) is 0 Å². The monoisotopic (exact) mass is 564 g/mol. The van der Waals surface area contributed by atoms with Gasteiger partial charge in [-0.3, -0.25) is 0 Å². The Kier molecular flexibility index (Phi) is 6.33. The van der Waals surface area contributed by atoms with E-state index in [0.717, 1.165) is 49.1 Å². The van der Waals surface area contributed by atoms with Crippen LogP contribution in [0.15, 0.2) is 46.9 Å². The van der Waals surface area contributed by atoms with Crippen molar-refractivity contribution < 1.29 is 37.7 Å². The zero-order valence-corrected chi connectivity index (χ0v) is 17.1. The second-order valence-electron chi connectivity index (χ2n) is 6.44. The Hall–Kier alpha value is -2.02. The Morgan fingerprint density at radius 2 is 1.71 bits per heavy atom. The van der Waals surface area contributed by atoms with Gasteiger partial charge in [-0.1, -0.05) is 24.8 Å². The van der Waals surface area contributed by atoms with Crippen molar-refractivity contribution in [1.82, 2.24) is 10.2 Å². The third kappa shape index (κ3) is 4.51. The number of halogens is 3. The summed E-state index contributed by atoms with van der Waals surface area (Å²) in [6, 6.07) is 13.6. The van der Waals surface area contributed by atoms with E-state index in [4.69, 9.17) is 4.42 Å². The summed E-state index contributed by atoms with van der Waals surface area (Å²) in [5, 5.41) is 12.6. The van der Waals surface area contributed by atoms with E-state index in [1.807, 2.05) is 12.1 Å². The quantitative estimate of drug-likeness (QED) is 0.378. The third-order valence-electron chi connectivity index (χ3n) is 4.55. The Labute approximate surface area is 173 Å². The van der Waals surface area contributed by atoms with Crippen LogP contribution in [0.1, 0.15) is 36.4 Å². The van der Waals surface area contributed by atoms with Crippen molar-refractivity contribution in [3.05, 3.63) is 65.0 Å². The number of hydrogen-bond donors (Lipinski definition) is 0. The van der Waals surface area contributed by atoms with Crippen molar-refractivity contribution in [1.29, 1.82) is 0 Å². The van der Waals surface area contributed by atoms with Crippen LogP contribution in [0.3, 0.4) is 0 Å². The predicted molar refractivity (Wildman–Crippen MR) is 93.8 cm³/mol. The van der Waals surface area contributed by atoms with Crippen LogP contribution in [0, 0.1) is 6.07 Å². The van der Waals surface area contributed by atoms with Crippen molar-refractivity contribution >= 4 is 0 Å². The SMILES string of the molecule is FC(F)(F)c1ccc(-c2nnc(-c3cc[c-]c(C4CCCC[N-]4)c3)o2)cc1.[Ir]. The molecular weight excluding hydrogens is 547 g/mol. The summed E-state index contributed by atoms with van der Waals surface area (Å²) < 4.78 is 43.7. The number of hydrogen-bond acceptors (Lipinski definition) is 3. The maximum Gasteiger partial charge on any atom is 0.416 e. The van der Waals surface area contributed by atoms with Crippen molar-refractivity contribution in [3.63, 3.8) is 0 Å². The molecule has 1 unspecified atom stereocenters. The van der Waals surface area contributed by atoms with Crippen LogP contribution in [0.2, 0.25) is 0 Å². The first-order chi connectivity index (χ1) is 13.0. The molecule has 1 atom stereocenters. The number of alkyl halides is 3. The van der Waals surface area contributed by atoms with Gasteiger partial charge in [0.15, 0.2) is 0 Å². The topological polar surface area (TPSA) is 53.0 Å². The third-order valence-corrected chi connectivity index (χ3v) is 4.55. The average molecular weight is 564 g/mol. The summed E-state index contributed by atoms with van der Waals surface area (Å²) in [6.07, 6.45) is -1.11. The minimum atomic E-state index is -4.38. The molecule has 4 rings (SSSR count). The first-order valence-corrected chi connectivity index (χ1v) is 8.70. The molecule has 1 aromatic heterocycles. The number of piperidine rings is 1. The minimum Gasteiger partial charge on any atom is -0.657 e. The van der Waals surface area contributed by atoms with Gasteiger partial charge in [-0.05, 0) is 24.3 Å². The van der Waals surface area contributed by atoms with Gasteiger partial charge in [0, 0.05) is 25.7 Å². The second-order valence-corrected chi connectivity index (χ2v) is 6.44. The fraction of sp³-hybridized carbons (Fsp3) is 0.300. The molecule has 0 spiro atoms. The normalized spacial score (nSPS) is 17.2. The fourth-order valence-electron chi connectivity index (χ4n) is 3.11. The Bertz CT molecular complexity index is 919. The van der Waals surface area contributed by atoms with Crippen LogP contribution in [0.25, 0.3) is 28.2 Å². The molecule has 4 nitrogen and oxygen atoms in total. The van der Waals surface area contributed by atoms with Crippen LogP contribution >= 0.6 is 0 Å². The molecule has 8 heteroatoms. The van der Waals surface area contributed by atoms with Crippen LogP contribution in [0.5, 0.6) is 0 Å². The number of benzene rings is 2. The van der Waals surface area contributed by atoms with E-state index >= 15 is 0 Å². The molecule has 0 N–H and O–H groups in total. The van der Waals surface area contributed by atoms with Crippen molar-refractivity contribution in [3.8, 4) is 22.9 Å². The number of nitrogens with zero attached hydrogens (tertiary/aromatic N) is 3. The molecule has 1 fully saturated rings. The van der Waals surface area contributed by atoms with Gasteiger partial charge in [-0.2, -0.15) is 43.0 Å². The van der Waals surface area contributed by atoms with E-state index in [9.17, 15) is 13.2 Å². The zero-order valence-electron chi connectivity index (χ0n) is 14.7. The Morgan fingerprint density at radius 1 is 1.00 bits per heavy atom. The van der Waals surface area contributed by atoms with Gasteiger partial charge in [0.05, 0.1) is 5.56 Å². The standard InChI is InChI=1S/C20H16F3N3O.Ir/c21-20(22,23)16-9-7-13(8-10-16)18-25-26-19(27-18)15-5-3-4-14(12-15)17-6-1-2-11-24-17;/h3,5,7-10,12,17H,1-2,6,11H2;/q-2;. The van der Waals surface area contributed by atoms with Crippen LogP contribution in [-0.2, 0) is 26.3 Å². The molecular formula is C20H16F3IrN3O-2.